The van der Waals surface area contributed by atoms with Gasteiger partial charge in [-0.15, -0.1) is 11.3 Å². The van der Waals surface area contributed by atoms with Gasteiger partial charge < -0.3 is 10.1 Å². The molecule has 0 atom stereocenters. The summed E-state index contributed by atoms with van der Waals surface area (Å²) in [5.74, 6) is 0.523. The molecule has 0 radical (unpaired) electrons. The van der Waals surface area contributed by atoms with Crippen molar-refractivity contribution in [1.29, 1.82) is 0 Å². The van der Waals surface area contributed by atoms with Gasteiger partial charge in [0, 0.05) is 22.8 Å². The molecule has 0 fully saturated rings. The Kier molecular flexibility index (Phi) is 5.18. The van der Waals surface area contributed by atoms with Crippen molar-refractivity contribution in [2.75, 3.05) is 6.61 Å². The fourth-order valence-electron chi connectivity index (χ4n) is 2.10. The van der Waals surface area contributed by atoms with E-state index in [2.05, 4.69) is 15.3 Å². The Labute approximate surface area is 144 Å². The molecule has 2 aromatic heterocycles. The van der Waals surface area contributed by atoms with Crippen LogP contribution in [-0.2, 0) is 11.3 Å². The molecule has 24 heavy (non-hydrogen) atoms. The molecule has 0 aliphatic carbocycles. The maximum atomic E-state index is 11.9. The number of nitrogens with zero attached hydrogens (tertiary/aromatic N) is 2. The van der Waals surface area contributed by atoms with E-state index in [4.69, 9.17) is 4.74 Å². The Morgan fingerprint density at radius 2 is 2.04 bits per heavy atom. The maximum Gasteiger partial charge on any atom is 0.258 e. The van der Waals surface area contributed by atoms with Crippen LogP contribution in [0.1, 0.15) is 10.6 Å². The van der Waals surface area contributed by atoms with Gasteiger partial charge in [-0.2, -0.15) is 0 Å². The number of pyridine rings is 1. The number of rotatable bonds is 6. The van der Waals surface area contributed by atoms with Crippen molar-refractivity contribution in [3.63, 3.8) is 0 Å². The highest BCUT2D eigenvalue weighted by molar-refractivity contribution is 7.15. The first-order valence-electron chi connectivity index (χ1n) is 7.53. The number of benzene rings is 1. The van der Waals surface area contributed by atoms with Crippen molar-refractivity contribution in [3.8, 4) is 16.3 Å². The molecule has 0 aliphatic heterocycles. The molecular weight excluding hydrogens is 322 g/mol. The summed E-state index contributed by atoms with van der Waals surface area (Å²) in [6.45, 7) is 2.39. The molecule has 0 bridgehead atoms. The molecule has 0 unspecified atom stereocenters. The lowest BCUT2D eigenvalue weighted by Gasteiger charge is -2.06. The third-order valence-electron chi connectivity index (χ3n) is 3.36. The zero-order chi connectivity index (χ0) is 16.8. The van der Waals surface area contributed by atoms with E-state index < -0.39 is 0 Å². The molecule has 0 spiro atoms. The van der Waals surface area contributed by atoms with Crippen molar-refractivity contribution >= 4 is 17.2 Å². The molecule has 2 heterocycles. The zero-order valence-electron chi connectivity index (χ0n) is 13.2. The highest BCUT2D eigenvalue weighted by atomic mass is 32.1. The highest BCUT2D eigenvalue weighted by Gasteiger charge is 2.11. The van der Waals surface area contributed by atoms with Gasteiger partial charge in [-0.25, -0.2) is 4.98 Å². The SMILES string of the molecule is Cc1nc(-c2cccnc2)sc1CNC(=O)COc1ccccc1. The van der Waals surface area contributed by atoms with E-state index >= 15 is 0 Å². The molecule has 5 nitrogen and oxygen atoms in total. The van der Waals surface area contributed by atoms with E-state index in [1.807, 2.05) is 49.4 Å². The van der Waals surface area contributed by atoms with Gasteiger partial charge in [-0.05, 0) is 31.2 Å². The molecule has 3 rings (SSSR count). The molecule has 0 saturated heterocycles. The summed E-state index contributed by atoms with van der Waals surface area (Å²) in [5, 5.41) is 3.77. The number of hydrogen-bond acceptors (Lipinski definition) is 5. The Hall–Kier alpha value is -2.73. The van der Waals surface area contributed by atoms with E-state index in [-0.39, 0.29) is 12.5 Å². The van der Waals surface area contributed by atoms with Gasteiger partial charge in [0.2, 0.25) is 0 Å². The van der Waals surface area contributed by atoms with Crippen LogP contribution in [0.25, 0.3) is 10.6 Å². The van der Waals surface area contributed by atoms with E-state index in [9.17, 15) is 4.79 Å². The lowest BCUT2D eigenvalue weighted by Crippen LogP contribution is -2.28. The number of ether oxygens (including phenoxy) is 1. The number of thiazole rings is 1. The third-order valence-corrected chi connectivity index (χ3v) is 4.57. The van der Waals surface area contributed by atoms with Crippen LogP contribution in [0, 0.1) is 6.92 Å². The van der Waals surface area contributed by atoms with E-state index in [0.717, 1.165) is 21.1 Å². The average molecular weight is 339 g/mol. The van der Waals surface area contributed by atoms with Gasteiger partial charge in [0.05, 0.1) is 12.2 Å². The van der Waals surface area contributed by atoms with E-state index in [1.54, 1.807) is 23.7 Å². The molecule has 1 aromatic carbocycles. The van der Waals surface area contributed by atoms with E-state index in [1.165, 1.54) is 0 Å². The van der Waals surface area contributed by atoms with Gasteiger partial charge in [-0.1, -0.05) is 18.2 Å². The number of carbonyl (C=O) groups excluding carboxylic acids is 1. The normalized spacial score (nSPS) is 10.4. The monoisotopic (exact) mass is 339 g/mol. The largest absolute Gasteiger partial charge is 0.484 e. The highest BCUT2D eigenvalue weighted by Crippen LogP contribution is 2.27. The standard InChI is InChI=1S/C18H17N3O2S/c1-13-16(24-18(21-13)14-6-5-9-19-10-14)11-20-17(22)12-23-15-7-3-2-4-8-15/h2-10H,11-12H2,1H3,(H,20,22). The van der Waals surface area contributed by atoms with Crippen LogP contribution in [0.5, 0.6) is 5.75 Å². The van der Waals surface area contributed by atoms with Crippen molar-refractivity contribution < 1.29 is 9.53 Å². The summed E-state index contributed by atoms with van der Waals surface area (Å²) in [5.41, 5.74) is 1.90. The predicted molar refractivity (Wildman–Crippen MR) is 93.9 cm³/mol. The first-order chi connectivity index (χ1) is 11.7. The van der Waals surface area contributed by atoms with Crippen LogP contribution in [0.15, 0.2) is 54.9 Å². The number of para-hydroxylation sites is 1. The Morgan fingerprint density at radius 3 is 2.79 bits per heavy atom. The quantitative estimate of drug-likeness (QED) is 0.749. The number of aryl methyl sites for hydroxylation is 1. The summed E-state index contributed by atoms with van der Waals surface area (Å²) >= 11 is 1.56. The van der Waals surface area contributed by atoms with Gasteiger partial charge in [0.25, 0.3) is 5.91 Å². The van der Waals surface area contributed by atoms with Crippen molar-refractivity contribution in [2.24, 2.45) is 0 Å². The third kappa shape index (κ3) is 4.17. The minimum atomic E-state index is -0.158. The van der Waals surface area contributed by atoms with Gasteiger partial charge in [0.1, 0.15) is 10.8 Å². The predicted octanol–water partition coefficient (Wildman–Crippen LogP) is 3.21. The second-order valence-electron chi connectivity index (χ2n) is 5.15. The second kappa shape index (κ2) is 7.70. The summed E-state index contributed by atoms with van der Waals surface area (Å²) in [7, 11) is 0. The first kappa shape index (κ1) is 16.1. The summed E-state index contributed by atoms with van der Waals surface area (Å²) in [6.07, 6.45) is 3.52. The number of carbonyl (C=O) groups is 1. The molecule has 3 aromatic rings. The van der Waals surface area contributed by atoms with Crippen LogP contribution in [0.2, 0.25) is 0 Å². The molecule has 122 valence electrons. The van der Waals surface area contributed by atoms with Crippen LogP contribution >= 0.6 is 11.3 Å². The second-order valence-corrected chi connectivity index (χ2v) is 6.23. The smallest absolute Gasteiger partial charge is 0.258 e. The Bertz CT molecular complexity index is 804. The van der Waals surface area contributed by atoms with Crippen molar-refractivity contribution in [2.45, 2.75) is 13.5 Å². The van der Waals surface area contributed by atoms with Gasteiger partial charge in [0.15, 0.2) is 6.61 Å². The topological polar surface area (TPSA) is 64.1 Å². The zero-order valence-corrected chi connectivity index (χ0v) is 14.0. The fourth-order valence-corrected chi connectivity index (χ4v) is 3.09. The molecule has 1 N–H and O–H groups in total. The lowest BCUT2D eigenvalue weighted by molar-refractivity contribution is -0.123. The maximum absolute atomic E-state index is 11.9. The molecule has 0 aliphatic rings. The fraction of sp³-hybridized carbons (Fsp3) is 0.167. The van der Waals surface area contributed by atoms with E-state index in [0.29, 0.717) is 12.3 Å². The number of nitrogens with one attached hydrogen (secondary N) is 1. The van der Waals surface area contributed by atoms with Crippen LogP contribution in [0.4, 0.5) is 0 Å². The van der Waals surface area contributed by atoms with Crippen molar-refractivity contribution in [3.05, 3.63) is 65.4 Å². The number of aromatic nitrogens is 2. The molecule has 6 heteroatoms. The average Bonchev–Trinajstić information content (AvgIpc) is 3.01. The Morgan fingerprint density at radius 1 is 1.21 bits per heavy atom. The molecular formula is C18H17N3O2S. The van der Waals surface area contributed by atoms with Crippen LogP contribution in [0.3, 0.4) is 0 Å². The molecule has 1 amide bonds. The summed E-state index contributed by atoms with van der Waals surface area (Å²) in [6, 6.07) is 13.1. The van der Waals surface area contributed by atoms with Gasteiger partial charge in [-0.3, -0.25) is 9.78 Å². The van der Waals surface area contributed by atoms with Crippen molar-refractivity contribution in [1.82, 2.24) is 15.3 Å². The number of hydrogen-bond donors (Lipinski definition) is 1. The number of amides is 1. The summed E-state index contributed by atoms with van der Waals surface area (Å²) < 4.78 is 5.43. The summed E-state index contributed by atoms with van der Waals surface area (Å²) in [4.78, 5) is 21.6. The lowest BCUT2D eigenvalue weighted by atomic mass is 10.3. The van der Waals surface area contributed by atoms with Crippen LogP contribution in [-0.4, -0.2) is 22.5 Å². The minimum absolute atomic E-state index is 0.00265. The Balaban J connectivity index is 1.55. The first-order valence-corrected chi connectivity index (χ1v) is 8.35. The van der Waals surface area contributed by atoms with Crippen LogP contribution < -0.4 is 10.1 Å². The molecule has 0 saturated carbocycles. The van der Waals surface area contributed by atoms with Gasteiger partial charge >= 0.3 is 0 Å². The minimum Gasteiger partial charge on any atom is -0.484 e.